The van der Waals surface area contributed by atoms with Gasteiger partial charge in [0.15, 0.2) is 0 Å². The van der Waals surface area contributed by atoms with Gasteiger partial charge in [0.25, 0.3) is 0 Å². The zero-order chi connectivity index (χ0) is 14.4. The summed E-state index contributed by atoms with van der Waals surface area (Å²) in [6, 6.07) is 7.80. The highest BCUT2D eigenvalue weighted by Gasteiger charge is 2.19. The Kier molecular flexibility index (Phi) is 5.56. The lowest BCUT2D eigenvalue weighted by Gasteiger charge is -2.25. The number of carbonyl (C=O) groups excluding carboxylic acids is 1. The second-order valence-electron chi connectivity index (χ2n) is 5.63. The second-order valence-corrected chi connectivity index (χ2v) is 5.63. The molecule has 1 aliphatic rings. The molecule has 20 heavy (non-hydrogen) atoms. The van der Waals surface area contributed by atoms with E-state index in [-0.39, 0.29) is 12.0 Å². The minimum absolute atomic E-state index is 0.0528. The van der Waals surface area contributed by atoms with Gasteiger partial charge >= 0.3 is 0 Å². The number of aliphatic hydroxyl groups excluding tert-OH is 1. The Morgan fingerprint density at radius 1 is 1.20 bits per heavy atom. The zero-order valence-corrected chi connectivity index (χ0v) is 11.8. The first-order chi connectivity index (χ1) is 9.69. The Morgan fingerprint density at radius 3 is 2.50 bits per heavy atom. The van der Waals surface area contributed by atoms with E-state index in [4.69, 9.17) is 5.73 Å². The summed E-state index contributed by atoms with van der Waals surface area (Å²) in [4.78, 5) is 12.0. The largest absolute Gasteiger partial charge is 0.393 e. The van der Waals surface area contributed by atoms with Gasteiger partial charge in [-0.05, 0) is 42.7 Å². The fourth-order valence-corrected chi connectivity index (χ4v) is 2.77. The molecule has 0 spiro atoms. The molecule has 4 heteroatoms. The van der Waals surface area contributed by atoms with E-state index in [2.05, 4.69) is 5.32 Å². The van der Waals surface area contributed by atoms with E-state index in [1.54, 1.807) is 0 Å². The highest BCUT2D eigenvalue weighted by molar-refractivity contribution is 5.78. The number of hydrogen-bond donors (Lipinski definition) is 3. The molecule has 0 atom stereocenters. The Morgan fingerprint density at radius 2 is 1.85 bits per heavy atom. The number of rotatable bonds is 5. The van der Waals surface area contributed by atoms with Crippen molar-refractivity contribution >= 4 is 5.91 Å². The Labute approximate surface area is 120 Å². The number of aliphatic hydroxyl groups is 1. The third-order valence-corrected chi connectivity index (χ3v) is 4.09. The van der Waals surface area contributed by atoms with E-state index >= 15 is 0 Å². The van der Waals surface area contributed by atoms with Gasteiger partial charge in [0.05, 0.1) is 12.5 Å². The number of amides is 1. The molecule has 1 aromatic carbocycles. The maximum atomic E-state index is 12.0. The molecule has 1 saturated carbocycles. The maximum Gasteiger partial charge on any atom is 0.224 e. The molecule has 2 rings (SSSR count). The van der Waals surface area contributed by atoms with E-state index in [0.717, 1.165) is 43.4 Å². The molecule has 0 aliphatic heterocycles. The molecule has 0 unspecified atom stereocenters. The summed E-state index contributed by atoms with van der Waals surface area (Å²) in [5.41, 5.74) is 7.71. The first kappa shape index (κ1) is 15.0. The molecule has 1 amide bonds. The Bertz CT molecular complexity index is 440. The van der Waals surface area contributed by atoms with Crippen LogP contribution in [-0.2, 0) is 17.8 Å². The van der Waals surface area contributed by atoms with Gasteiger partial charge < -0.3 is 16.2 Å². The van der Waals surface area contributed by atoms with Crippen LogP contribution in [0.15, 0.2) is 24.3 Å². The monoisotopic (exact) mass is 276 g/mol. The van der Waals surface area contributed by atoms with Crippen molar-refractivity contribution in [2.45, 2.75) is 44.8 Å². The summed E-state index contributed by atoms with van der Waals surface area (Å²) < 4.78 is 0. The number of nitrogens with one attached hydrogen (secondary N) is 1. The maximum absolute atomic E-state index is 12.0. The predicted molar refractivity (Wildman–Crippen MR) is 79.0 cm³/mol. The van der Waals surface area contributed by atoms with Crippen LogP contribution in [-0.4, -0.2) is 23.7 Å². The molecule has 1 aliphatic carbocycles. The van der Waals surface area contributed by atoms with Crippen LogP contribution in [0.1, 0.15) is 36.8 Å². The molecular formula is C16H24N2O2. The smallest absolute Gasteiger partial charge is 0.224 e. The van der Waals surface area contributed by atoms with Crippen LogP contribution in [0.3, 0.4) is 0 Å². The molecule has 4 nitrogen and oxygen atoms in total. The topological polar surface area (TPSA) is 75.4 Å². The first-order valence-corrected chi connectivity index (χ1v) is 7.40. The van der Waals surface area contributed by atoms with Gasteiger partial charge in [-0.25, -0.2) is 0 Å². The minimum atomic E-state index is -0.140. The number of benzene rings is 1. The Balaban J connectivity index is 1.78. The molecule has 4 N–H and O–H groups in total. The van der Waals surface area contributed by atoms with Gasteiger partial charge in [-0.15, -0.1) is 0 Å². The molecular weight excluding hydrogens is 252 g/mol. The summed E-state index contributed by atoms with van der Waals surface area (Å²) in [6.07, 6.45) is 3.97. The van der Waals surface area contributed by atoms with E-state index in [9.17, 15) is 9.90 Å². The predicted octanol–water partition coefficient (Wildman–Crippen LogP) is 1.36. The van der Waals surface area contributed by atoms with Crippen molar-refractivity contribution in [2.24, 2.45) is 11.7 Å². The van der Waals surface area contributed by atoms with Crippen molar-refractivity contribution < 1.29 is 9.90 Å². The summed E-state index contributed by atoms with van der Waals surface area (Å²) in [7, 11) is 0. The lowest BCUT2D eigenvalue weighted by Crippen LogP contribution is -2.33. The third kappa shape index (κ3) is 4.32. The fraction of sp³-hybridized carbons (Fsp3) is 0.562. The van der Waals surface area contributed by atoms with Crippen LogP contribution in [0.25, 0.3) is 0 Å². The van der Waals surface area contributed by atoms with Gasteiger partial charge in [0, 0.05) is 13.1 Å². The van der Waals surface area contributed by atoms with Crippen LogP contribution >= 0.6 is 0 Å². The quantitative estimate of drug-likeness (QED) is 0.760. The average Bonchev–Trinajstić information content (AvgIpc) is 2.47. The molecule has 1 aromatic rings. The normalized spacial score (nSPS) is 22.5. The van der Waals surface area contributed by atoms with E-state index in [1.807, 2.05) is 24.3 Å². The molecule has 0 heterocycles. The fourth-order valence-electron chi connectivity index (χ4n) is 2.77. The lowest BCUT2D eigenvalue weighted by molar-refractivity contribution is -0.120. The third-order valence-electron chi connectivity index (χ3n) is 4.09. The highest BCUT2D eigenvalue weighted by Crippen LogP contribution is 2.23. The SMILES string of the molecule is NCc1ccccc1CC(=O)NCC1CCC(O)CC1. The van der Waals surface area contributed by atoms with Crippen molar-refractivity contribution in [3.05, 3.63) is 35.4 Å². The van der Waals surface area contributed by atoms with Crippen molar-refractivity contribution in [3.8, 4) is 0 Å². The van der Waals surface area contributed by atoms with Crippen LogP contribution in [0.2, 0.25) is 0 Å². The van der Waals surface area contributed by atoms with Crippen molar-refractivity contribution in [1.82, 2.24) is 5.32 Å². The molecule has 0 saturated heterocycles. The van der Waals surface area contributed by atoms with Gasteiger partial charge in [-0.2, -0.15) is 0 Å². The molecule has 110 valence electrons. The molecule has 0 radical (unpaired) electrons. The summed E-state index contributed by atoms with van der Waals surface area (Å²) >= 11 is 0. The van der Waals surface area contributed by atoms with Crippen LogP contribution in [0.4, 0.5) is 0 Å². The van der Waals surface area contributed by atoms with Gasteiger partial charge in [0.2, 0.25) is 5.91 Å². The number of hydrogen-bond acceptors (Lipinski definition) is 3. The summed E-state index contributed by atoms with van der Waals surface area (Å²) in [5, 5.41) is 12.5. The minimum Gasteiger partial charge on any atom is -0.393 e. The van der Waals surface area contributed by atoms with Crippen molar-refractivity contribution in [1.29, 1.82) is 0 Å². The summed E-state index contributed by atoms with van der Waals surface area (Å²) in [6.45, 7) is 1.18. The van der Waals surface area contributed by atoms with Crippen molar-refractivity contribution in [2.75, 3.05) is 6.54 Å². The zero-order valence-electron chi connectivity index (χ0n) is 11.8. The second kappa shape index (κ2) is 7.41. The lowest BCUT2D eigenvalue weighted by atomic mass is 9.87. The van der Waals surface area contributed by atoms with E-state index < -0.39 is 0 Å². The van der Waals surface area contributed by atoms with Gasteiger partial charge in [0.1, 0.15) is 0 Å². The van der Waals surface area contributed by atoms with Crippen LogP contribution in [0.5, 0.6) is 0 Å². The first-order valence-electron chi connectivity index (χ1n) is 7.40. The number of nitrogens with two attached hydrogens (primary N) is 1. The van der Waals surface area contributed by atoms with E-state index in [1.165, 1.54) is 0 Å². The molecule has 0 aromatic heterocycles. The Hall–Kier alpha value is -1.39. The molecule has 0 bridgehead atoms. The standard InChI is InChI=1S/C16H24N2O2/c17-10-14-4-2-1-3-13(14)9-16(20)18-11-12-5-7-15(19)8-6-12/h1-4,12,15,19H,5-11,17H2,(H,18,20). The van der Waals surface area contributed by atoms with Crippen LogP contribution < -0.4 is 11.1 Å². The summed E-state index contributed by atoms with van der Waals surface area (Å²) in [5.74, 6) is 0.559. The van der Waals surface area contributed by atoms with E-state index in [0.29, 0.717) is 18.9 Å². The number of carbonyl (C=O) groups is 1. The van der Waals surface area contributed by atoms with Crippen LogP contribution in [0, 0.1) is 5.92 Å². The molecule has 1 fully saturated rings. The highest BCUT2D eigenvalue weighted by atomic mass is 16.3. The van der Waals surface area contributed by atoms with Gasteiger partial charge in [-0.1, -0.05) is 24.3 Å². The van der Waals surface area contributed by atoms with Gasteiger partial charge in [-0.3, -0.25) is 4.79 Å². The van der Waals surface area contributed by atoms with Crippen molar-refractivity contribution in [3.63, 3.8) is 0 Å². The average molecular weight is 276 g/mol.